The van der Waals surface area contributed by atoms with Gasteiger partial charge in [0.2, 0.25) is 11.6 Å². The zero-order valence-corrected chi connectivity index (χ0v) is 9.40. The van der Waals surface area contributed by atoms with Crippen LogP contribution in [0, 0.1) is 0 Å². The summed E-state index contributed by atoms with van der Waals surface area (Å²) < 4.78 is 10.0. The first-order chi connectivity index (χ1) is 8.10. The van der Waals surface area contributed by atoms with Gasteiger partial charge in [0.1, 0.15) is 11.5 Å². The van der Waals surface area contributed by atoms with E-state index in [-0.39, 0.29) is 22.6 Å². The molecule has 0 bridgehead atoms. The summed E-state index contributed by atoms with van der Waals surface area (Å²) >= 11 is 0. The van der Waals surface area contributed by atoms with E-state index in [0.29, 0.717) is 0 Å². The minimum absolute atomic E-state index is 0.00750. The van der Waals surface area contributed by atoms with Gasteiger partial charge in [-0.1, -0.05) is 0 Å². The Kier molecular flexibility index (Phi) is 2.67. The first-order valence-electron chi connectivity index (χ1n) is 4.95. The van der Waals surface area contributed by atoms with Gasteiger partial charge in [0.25, 0.3) is 0 Å². The molecule has 0 spiro atoms. The molecule has 0 aliphatic heterocycles. The van der Waals surface area contributed by atoms with Gasteiger partial charge in [-0.2, -0.15) is 0 Å². The summed E-state index contributed by atoms with van der Waals surface area (Å²) in [5.74, 6) is -1.33. The first-order valence-corrected chi connectivity index (χ1v) is 4.95. The summed E-state index contributed by atoms with van der Waals surface area (Å²) in [6, 6.07) is 3.04. The number of carbonyl (C=O) groups excluding carboxylic acids is 3. The molecule has 0 aromatic heterocycles. The number of ketones is 3. The number of methoxy groups -OCH3 is 2. The van der Waals surface area contributed by atoms with E-state index in [0.717, 1.165) is 0 Å². The van der Waals surface area contributed by atoms with Crippen LogP contribution in [0.3, 0.4) is 0 Å². The molecule has 1 aliphatic rings. The zero-order chi connectivity index (χ0) is 12.6. The van der Waals surface area contributed by atoms with Crippen molar-refractivity contribution in [3.8, 4) is 11.5 Å². The number of benzene rings is 1. The molecule has 1 aliphatic carbocycles. The molecular formula is C12H10O5. The standard InChI is InChI=1S/C12H10O5/c1-16-8-3-4-9(17-2)11-10(8)6(13)5-7(14)12(11)15/h3-4H,5H2,1-2H3. The molecule has 0 fully saturated rings. The first kappa shape index (κ1) is 11.3. The van der Waals surface area contributed by atoms with Gasteiger partial charge in [0.15, 0.2) is 5.78 Å². The Balaban J connectivity index is 2.78. The van der Waals surface area contributed by atoms with Crippen LogP contribution in [0.1, 0.15) is 27.1 Å². The Bertz CT molecular complexity index is 530. The van der Waals surface area contributed by atoms with Gasteiger partial charge >= 0.3 is 0 Å². The third kappa shape index (κ3) is 1.60. The summed E-state index contributed by atoms with van der Waals surface area (Å²) in [5.41, 5.74) is 0.143. The molecule has 0 atom stereocenters. The summed E-state index contributed by atoms with van der Waals surface area (Å²) in [6.07, 6.45) is -0.407. The van der Waals surface area contributed by atoms with Crippen molar-refractivity contribution in [3.05, 3.63) is 23.3 Å². The second kappa shape index (κ2) is 4.01. The largest absolute Gasteiger partial charge is 0.496 e. The molecule has 0 unspecified atom stereocenters. The van der Waals surface area contributed by atoms with E-state index >= 15 is 0 Å². The van der Waals surface area contributed by atoms with Crippen molar-refractivity contribution in [2.24, 2.45) is 0 Å². The summed E-state index contributed by atoms with van der Waals surface area (Å²) in [6.45, 7) is 0. The van der Waals surface area contributed by atoms with Crippen LogP contribution in [0.2, 0.25) is 0 Å². The SMILES string of the molecule is COc1ccc(OC)c2c1C(=O)CC(=O)C2=O. The molecule has 1 aromatic carbocycles. The number of fused-ring (bicyclic) bond motifs is 1. The Morgan fingerprint density at radius 1 is 0.882 bits per heavy atom. The lowest BCUT2D eigenvalue weighted by Crippen LogP contribution is -2.28. The van der Waals surface area contributed by atoms with Crippen molar-refractivity contribution in [2.45, 2.75) is 6.42 Å². The normalized spacial score (nSPS) is 14.6. The molecule has 0 radical (unpaired) electrons. The van der Waals surface area contributed by atoms with Gasteiger partial charge in [-0.15, -0.1) is 0 Å². The number of carbonyl (C=O) groups is 3. The summed E-state index contributed by atoms with van der Waals surface area (Å²) in [4.78, 5) is 34.9. The van der Waals surface area contributed by atoms with Crippen LogP contribution in [-0.2, 0) is 4.79 Å². The lowest BCUT2D eigenvalue weighted by atomic mass is 9.87. The van der Waals surface area contributed by atoms with Crippen LogP contribution in [0.15, 0.2) is 12.1 Å². The maximum absolute atomic E-state index is 11.8. The molecule has 17 heavy (non-hydrogen) atoms. The minimum Gasteiger partial charge on any atom is -0.496 e. The van der Waals surface area contributed by atoms with Crippen molar-refractivity contribution >= 4 is 17.3 Å². The van der Waals surface area contributed by atoms with Crippen molar-refractivity contribution in [1.29, 1.82) is 0 Å². The average molecular weight is 234 g/mol. The average Bonchev–Trinajstić information content (AvgIpc) is 2.34. The Morgan fingerprint density at radius 2 is 1.41 bits per heavy atom. The third-order valence-electron chi connectivity index (χ3n) is 2.65. The third-order valence-corrected chi connectivity index (χ3v) is 2.65. The fourth-order valence-electron chi connectivity index (χ4n) is 1.86. The highest BCUT2D eigenvalue weighted by Crippen LogP contribution is 2.34. The molecule has 0 saturated heterocycles. The van der Waals surface area contributed by atoms with Crippen LogP contribution < -0.4 is 9.47 Å². The maximum Gasteiger partial charge on any atom is 0.233 e. The molecule has 5 heteroatoms. The van der Waals surface area contributed by atoms with Gasteiger partial charge in [0, 0.05) is 0 Å². The highest BCUT2D eigenvalue weighted by atomic mass is 16.5. The number of hydrogen-bond acceptors (Lipinski definition) is 5. The van der Waals surface area contributed by atoms with E-state index in [1.807, 2.05) is 0 Å². The van der Waals surface area contributed by atoms with Crippen LogP contribution in [0.4, 0.5) is 0 Å². The summed E-state index contributed by atoms with van der Waals surface area (Å²) in [5, 5.41) is 0. The Morgan fingerprint density at radius 3 is 1.94 bits per heavy atom. The topological polar surface area (TPSA) is 69.7 Å². The molecule has 1 aromatic rings. The van der Waals surface area contributed by atoms with Crippen molar-refractivity contribution in [2.75, 3.05) is 14.2 Å². The zero-order valence-electron chi connectivity index (χ0n) is 9.40. The van der Waals surface area contributed by atoms with Crippen LogP contribution in [-0.4, -0.2) is 31.6 Å². The lowest BCUT2D eigenvalue weighted by molar-refractivity contribution is -0.114. The van der Waals surface area contributed by atoms with E-state index in [9.17, 15) is 14.4 Å². The van der Waals surface area contributed by atoms with E-state index in [2.05, 4.69) is 0 Å². The van der Waals surface area contributed by atoms with E-state index in [1.54, 1.807) is 6.07 Å². The highest BCUT2D eigenvalue weighted by Gasteiger charge is 2.36. The molecule has 0 saturated carbocycles. The number of rotatable bonds is 2. The van der Waals surface area contributed by atoms with E-state index < -0.39 is 23.8 Å². The Hall–Kier alpha value is -2.17. The van der Waals surface area contributed by atoms with E-state index in [1.165, 1.54) is 20.3 Å². The molecule has 0 N–H and O–H groups in total. The van der Waals surface area contributed by atoms with Crippen molar-refractivity contribution in [3.63, 3.8) is 0 Å². The maximum atomic E-state index is 11.8. The lowest BCUT2D eigenvalue weighted by Gasteiger charge is -2.18. The summed E-state index contributed by atoms with van der Waals surface area (Å²) in [7, 11) is 2.77. The second-order valence-corrected chi connectivity index (χ2v) is 3.57. The number of Topliss-reactive ketones (excluding diaryl/α,β-unsaturated/α-hetero) is 3. The predicted molar refractivity (Wildman–Crippen MR) is 57.8 cm³/mol. The van der Waals surface area contributed by atoms with Crippen LogP contribution in [0.5, 0.6) is 11.5 Å². The molecule has 0 heterocycles. The minimum atomic E-state index is -0.714. The van der Waals surface area contributed by atoms with Gasteiger partial charge in [0.05, 0.1) is 31.8 Å². The van der Waals surface area contributed by atoms with Crippen molar-refractivity contribution < 1.29 is 23.9 Å². The van der Waals surface area contributed by atoms with Crippen LogP contribution >= 0.6 is 0 Å². The van der Waals surface area contributed by atoms with Gasteiger partial charge in [-0.3, -0.25) is 14.4 Å². The molecule has 88 valence electrons. The molecule has 0 amide bonds. The number of ether oxygens (including phenoxy) is 2. The van der Waals surface area contributed by atoms with Gasteiger partial charge in [-0.25, -0.2) is 0 Å². The van der Waals surface area contributed by atoms with E-state index in [4.69, 9.17) is 9.47 Å². The molecule has 2 rings (SSSR count). The second-order valence-electron chi connectivity index (χ2n) is 3.57. The predicted octanol–water partition coefficient (Wildman–Crippen LogP) is 1.04. The monoisotopic (exact) mass is 234 g/mol. The van der Waals surface area contributed by atoms with Crippen molar-refractivity contribution in [1.82, 2.24) is 0 Å². The molecular weight excluding hydrogens is 224 g/mol. The quantitative estimate of drug-likeness (QED) is 0.565. The fourth-order valence-corrected chi connectivity index (χ4v) is 1.86. The molecule has 5 nitrogen and oxygen atoms in total. The highest BCUT2D eigenvalue weighted by molar-refractivity contribution is 6.51. The van der Waals surface area contributed by atoms with Gasteiger partial charge < -0.3 is 9.47 Å². The number of hydrogen-bond donors (Lipinski definition) is 0. The smallest absolute Gasteiger partial charge is 0.233 e. The van der Waals surface area contributed by atoms with Crippen LogP contribution in [0.25, 0.3) is 0 Å². The fraction of sp³-hybridized carbons (Fsp3) is 0.250. The Labute approximate surface area is 97.3 Å². The van der Waals surface area contributed by atoms with Gasteiger partial charge in [-0.05, 0) is 12.1 Å².